The maximum Gasteiger partial charge on any atom is -0.00919 e. The van der Waals surface area contributed by atoms with E-state index in [-0.39, 0.29) is 0 Å². The zero-order valence-corrected chi connectivity index (χ0v) is 8.03. The lowest BCUT2D eigenvalue weighted by molar-refractivity contribution is 0.592. The molecule has 0 heterocycles. The van der Waals surface area contributed by atoms with Gasteiger partial charge in [0, 0.05) is 0 Å². The van der Waals surface area contributed by atoms with E-state index in [1.807, 2.05) is 0 Å². The molecule has 1 heteroatoms. The van der Waals surface area contributed by atoms with E-state index in [9.17, 15) is 0 Å². The van der Waals surface area contributed by atoms with Gasteiger partial charge < -0.3 is 0 Å². The van der Waals surface area contributed by atoms with Gasteiger partial charge in [-0.15, -0.1) is 0 Å². The SMILES string of the molecule is C/C=C(/Br)CCC(C)C. The molecule has 0 spiro atoms. The van der Waals surface area contributed by atoms with Gasteiger partial charge in [0.1, 0.15) is 0 Å². The summed E-state index contributed by atoms with van der Waals surface area (Å²) in [4.78, 5) is 0. The summed E-state index contributed by atoms with van der Waals surface area (Å²) in [6.45, 7) is 6.55. The van der Waals surface area contributed by atoms with Crippen LogP contribution < -0.4 is 0 Å². The van der Waals surface area contributed by atoms with Crippen LogP contribution >= 0.6 is 15.9 Å². The Morgan fingerprint density at radius 3 is 2.44 bits per heavy atom. The van der Waals surface area contributed by atoms with Crippen molar-refractivity contribution in [3.05, 3.63) is 10.6 Å². The van der Waals surface area contributed by atoms with Crippen LogP contribution in [0.2, 0.25) is 0 Å². The second-order valence-corrected chi connectivity index (χ2v) is 3.69. The normalized spacial score (nSPS) is 12.8. The van der Waals surface area contributed by atoms with Crippen molar-refractivity contribution < 1.29 is 0 Å². The average Bonchev–Trinajstić information content (AvgIpc) is 1.83. The number of halogens is 1. The Morgan fingerprint density at radius 1 is 1.56 bits per heavy atom. The first-order valence-electron chi connectivity index (χ1n) is 3.47. The third-order valence-corrected chi connectivity index (χ3v) is 2.13. The van der Waals surface area contributed by atoms with Crippen LogP contribution in [-0.2, 0) is 0 Å². The zero-order chi connectivity index (χ0) is 7.28. The van der Waals surface area contributed by atoms with Gasteiger partial charge in [-0.05, 0) is 30.2 Å². The molecule has 0 atom stereocenters. The summed E-state index contributed by atoms with van der Waals surface area (Å²) in [6.07, 6.45) is 4.58. The van der Waals surface area contributed by atoms with Gasteiger partial charge in [0.2, 0.25) is 0 Å². The highest BCUT2D eigenvalue weighted by Gasteiger charge is 1.94. The van der Waals surface area contributed by atoms with E-state index in [0.717, 1.165) is 5.92 Å². The molecule has 0 fully saturated rings. The van der Waals surface area contributed by atoms with Crippen molar-refractivity contribution in [1.82, 2.24) is 0 Å². The molecule has 0 aliphatic heterocycles. The molecular weight excluding hydrogens is 176 g/mol. The third-order valence-electron chi connectivity index (χ3n) is 1.27. The first kappa shape index (κ1) is 9.22. The topological polar surface area (TPSA) is 0 Å². The van der Waals surface area contributed by atoms with Crippen LogP contribution in [0.4, 0.5) is 0 Å². The number of rotatable bonds is 3. The second kappa shape index (κ2) is 5.04. The minimum absolute atomic E-state index is 0.817. The van der Waals surface area contributed by atoms with E-state index < -0.39 is 0 Å². The fraction of sp³-hybridized carbons (Fsp3) is 0.750. The van der Waals surface area contributed by atoms with E-state index in [4.69, 9.17) is 0 Å². The second-order valence-electron chi connectivity index (χ2n) is 2.67. The molecule has 0 aliphatic carbocycles. The number of allylic oxidation sites excluding steroid dienone is 2. The standard InChI is InChI=1S/C8H15Br/c1-4-8(9)6-5-7(2)3/h4,7H,5-6H2,1-3H3/b8-4+. The van der Waals surface area contributed by atoms with Crippen LogP contribution in [0.15, 0.2) is 10.6 Å². The molecule has 9 heavy (non-hydrogen) atoms. The molecule has 0 amide bonds. The van der Waals surface area contributed by atoms with Crippen LogP contribution in [0.25, 0.3) is 0 Å². The Morgan fingerprint density at radius 2 is 2.11 bits per heavy atom. The molecule has 0 aromatic carbocycles. The van der Waals surface area contributed by atoms with Gasteiger partial charge >= 0.3 is 0 Å². The average molecular weight is 191 g/mol. The molecular formula is C8H15Br. The minimum Gasteiger partial charge on any atom is -0.0775 e. The highest BCUT2D eigenvalue weighted by molar-refractivity contribution is 9.11. The summed E-state index contributed by atoms with van der Waals surface area (Å²) in [6, 6.07) is 0. The molecule has 0 nitrogen and oxygen atoms in total. The van der Waals surface area contributed by atoms with E-state index in [0.29, 0.717) is 0 Å². The van der Waals surface area contributed by atoms with Crippen LogP contribution in [0, 0.1) is 5.92 Å². The van der Waals surface area contributed by atoms with Crippen molar-refractivity contribution in [1.29, 1.82) is 0 Å². The fourth-order valence-electron chi connectivity index (χ4n) is 0.571. The lowest BCUT2D eigenvalue weighted by atomic mass is 10.1. The summed E-state index contributed by atoms with van der Waals surface area (Å²) in [5.41, 5.74) is 0. The summed E-state index contributed by atoms with van der Waals surface area (Å²) < 4.78 is 1.33. The van der Waals surface area contributed by atoms with Gasteiger partial charge in [0.15, 0.2) is 0 Å². The summed E-state index contributed by atoms with van der Waals surface area (Å²) in [5.74, 6) is 0.817. The maximum atomic E-state index is 3.47. The first-order valence-corrected chi connectivity index (χ1v) is 4.26. The Labute approximate surface area is 66.5 Å². The molecule has 0 aromatic heterocycles. The predicted molar refractivity (Wildman–Crippen MR) is 46.8 cm³/mol. The van der Waals surface area contributed by atoms with Crippen molar-refractivity contribution in [2.24, 2.45) is 5.92 Å². The number of hydrogen-bond donors (Lipinski definition) is 0. The molecule has 0 bridgehead atoms. The van der Waals surface area contributed by atoms with E-state index >= 15 is 0 Å². The van der Waals surface area contributed by atoms with Crippen LogP contribution in [0.3, 0.4) is 0 Å². The highest BCUT2D eigenvalue weighted by Crippen LogP contribution is 2.15. The predicted octanol–water partition coefficient (Wildman–Crippen LogP) is 3.72. The van der Waals surface area contributed by atoms with Crippen molar-refractivity contribution >= 4 is 15.9 Å². The van der Waals surface area contributed by atoms with Crippen LogP contribution in [0.1, 0.15) is 33.6 Å². The van der Waals surface area contributed by atoms with Gasteiger partial charge in [-0.3, -0.25) is 0 Å². The summed E-state index contributed by atoms with van der Waals surface area (Å²) in [5, 5.41) is 0. The van der Waals surface area contributed by atoms with E-state index in [1.54, 1.807) is 0 Å². The van der Waals surface area contributed by atoms with Crippen molar-refractivity contribution in [2.75, 3.05) is 0 Å². The zero-order valence-electron chi connectivity index (χ0n) is 6.45. The molecule has 0 aliphatic rings. The van der Waals surface area contributed by atoms with Crippen molar-refractivity contribution in [3.63, 3.8) is 0 Å². The Kier molecular flexibility index (Phi) is 5.16. The lowest BCUT2D eigenvalue weighted by Gasteiger charge is -2.01. The van der Waals surface area contributed by atoms with Gasteiger partial charge in [-0.25, -0.2) is 0 Å². The number of hydrogen-bond acceptors (Lipinski definition) is 0. The molecule has 54 valence electrons. The monoisotopic (exact) mass is 190 g/mol. The molecule has 0 N–H and O–H groups in total. The van der Waals surface area contributed by atoms with Gasteiger partial charge in [0.25, 0.3) is 0 Å². The Bertz CT molecular complexity index is 92.7. The summed E-state index contributed by atoms with van der Waals surface area (Å²) in [7, 11) is 0. The largest absolute Gasteiger partial charge is 0.0775 e. The molecule has 0 unspecified atom stereocenters. The van der Waals surface area contributed by atoms with Crippen LogP contribution in [0.5, 0.6) is 0 Å². The lowest BCUT2D eigenvalue weighted by Crippen LogP contribution is -1.85. The molecule has 0 saturated heterocycles. The van der Waals surface area contributed by atoms with Crippen molar-refractivity contribution in [3.8, 4) is 0 Å². The van der Waals surface area contributed by atoms with Crippen LogP contribution in [-0.4, -0.2) is 0 Å². The minimum atomic E-state index is 0.817. The molecule has 0 radical (unpaired) electrons. The van der Waals surface area contributed by atoms with Crippen molar-refractivity contribution in [2.45, 2.75) is 33.6 Å². The summed E-state index contributed by atoms with van der Waals surface area (Å²) >= 11 is 3.47. The van der Waals surface area contributed by atoms with E-state index in [2.05, 4.69) is 42.8 Å². The highest BCUT2D eigenvalue weighted by atomic mass is 79.9. The molecule has 0 aromatic rings. The fourth-order valence-corrected chi connectivity index (χ4v) is 0.800. The molecule has 0 saturated carbocycles. The molecule has 0 rings (SSSR count). The van der Waals surface area contributed by atoms with Gasteiger partial charge in [-0.2, -0.15) is 0 Å². The Hall–Kier alpha value is 0.220. The Balaban J connectivity index is 3.28. The van der Waals surface area contributed by atoms with Gasteiger partial charge in [0.05, 0.1) is 0 Å². The quantitative estimate of drug-likeness (QED) is 0.637. The maximum absolute atomic E-state index is 3.47. The first-order chi connectivity index (χ1) is 4.16. The third kappa shape index (κ3) is 6.10. The smallest absolute Gasteiger partial charge is 0.00919 e. The van der Waals surface area contributed by atoms with E-state index in [1.165, 1.54) is 17.3 Å². The van der Waals surface area contributed by atoms with Gasteiger partial charge in [-0.1, -0.05) is 35.9 Å².